The van der Waals surface area contributed by atoms with Crippen LogP contribution in [-0.4, -0.2) is 18.2 Å². The molecule has 0 aromatic heterocycles. The number of carbonyl (C=O) groups excluding carboxylic acids is 1. The summed E-state index contributed by atoms with van der Waals surface area (Å²) < 4.78 is 4.73. The Morgan fingerprint density at radius 1 is 1.53 bits per heavy atom. The summed E-state index contributed by atoms with van der Waals surface area (Å²) in [6.07, 6.45) is 1.87. The number of aliphatic hydroxyl groups is 1. The summed E-state index contributed by atoms with van der Waals surface area (Å²) in [6, 6.07) is 9.02. The van der Waals surface area contributed by atoms with Gasteiger partial charge in [-0.25, -0.2) is 0 Å². The summed E-state index contributed by atoms with van der Waals surface area (Å²) in [5.74, 6) is -1.08. The molecule has 0 fully saturated rings. The second kappa shape index (κ2) is 5.64. The van der Waals surface area contributed by atoms with E-state index in [0.717, 1.165) is 0 Å². The monoisotopic (exact) mass is 234 g/mol. The van der Waals surface area contributed by atoms with Crippen molar-refractivity contribution in [2.75, 3.05) is 7.11 Å². The normalized spacial score (nSPS) is 15.7. The molecule has 3 heteroatoms. The van der Waals surface area contributed by atoms with E-state index in [1.165, 1.54) is 13.2 Å². The average molecular weight is 234 g/mol. The van der Waals surface area contributed by atoms with Gasteiger partial charge in [-0.15, -0.1) is 0 Å². The standard InChI is InChI=1S/C14H18O3/c1-4-12(13(15)17-3)14(16,5-2)11-9-7-6-8-10-11/h5-10,12,16H,2,4H2,1,3H3. The van der Waals surface area contributed by atoms with Crippen LogP contribution >= 0.6 is 0 Å². The average Bonchev–Trinajstić information content (AvgIpc) is 2.39. The minimum atomic E-state index is -1.39. The van der Waals surface area contributed by atoms with Gasteiger partial charge in [0.15, 0.2) is 0 Å². The lowest BCUT2D eigenvalue weighted by Gasteiger charge is -2.31. The third-order valence-electron chi connectivity index (χ3n) is 2.97. The van der Waals surface area contributed by atoms with Crippen molar-refractivity contribution < 1.29 is 14.6 Å². The number of benzene rings is 1. The fourth-order valence-corrected chi connectivity index (χ4v) is 1.97. The molecule has 0 aliphatic heterocycles. The highest BCUT2D eigenvalue weighted by atomic mass is 16.5. The number of methoxy groups -OCH3 is 1. The molecule has 1 N–H and O–H groups in total. The highest BCUT2D eigenvalue weighted by molar-refractivity contribution is 5.74. The van der Waals surface area contributed by atoms with E-state index >= 15 is 0 Å². The van der Waals surface area contributed by atoms with Crippen LogP contribution < -0.4 is 0 Å². The lowest BCUT2D eigenvalue weighted by Crippen LogP contribution is -2.38. The maximum Gasteiger partial charge on any atom is 0.312 e. The van der Waals surface area contributed by atoms with Crippen molar-refractivity contribution in [1.29, 1.82) is 0 Å². The summed E-state index contributed by atoms with van der Waals surface area (Å²) in [5.41, 5.74) is -0.740. The van der Waals surface area contributed by atoms with Crippen LogP contribution in [0.1, 0.15) is 18.9 Å². The van der Waals surface area contributed by atoms with E-state index in [4.69, 9.17) is 4.74 Å². The predicted molar refractivity (Wildman–Crippen MR) is 66.3 cm³/mol. The molecule has 1 rings (SSSR count). The molecule has 0 heterocycles. The van der Waals surface area contributed by atoms with Gasteiger partial charge in [0.25, 0.3) is 0 Å². The van der Waals surface area contributed by atoms with Gasteiger partial charge in [0.1, 0.15) is 5.60 Å². The highest BCUT2D eigenvalue weighted by Crippen LogP contribution is 2.33. The maximum atomic E-state index is 11.7. The van der Waals surface area contributed by atoms with E-state index in [0.29, 0.717) is 12.0 Å². The molecule has 0 radical (unpaired) electrons. The fraction of sp³-hybridized carbons (Fsp3) is 0.357. The SMILES string of the molecule is C=CC(O)(c1ccccc1)C(CC)C(=O)OC. The molecule has 2 unspecified atom stereocenters. The molecule has 92 valence electrons. The number of rotatable bonds is 5. The van der Waals surface area contributed by atoms with Crippen LogP contribution in [0, 0.1) is 5.92 Å². The minimum Gasteiger partial charge on any atom is -0.469 e. The molecule has 1 aromatic rings. The molecule has 0 spiro atoms. The van der Waals surface area contributed by atoms with Gasteiger partial charge in [-0.2, -0.15) is 0 Å². The fourth-order valence-electron chi connectivity index (χ4n) is 1.97. The van der Waals surface area contributed by atoms with Crippen LogP contribution in [0.2, 0.25) is 0 Å². The van der Waals surface area contributed by atoms with Crippen molar-refractivity contribution in [2.45, 2.75) is 18.9 Å². The summed E-state index contributed by atoms with van der Waals surface area (Å²) in [7, 11) is 1.32. The van der Waals surface area contributed by atoms with E-state index in [1.807, 2.05) is 25.1 Å². The van der Waals surface area contributed by atoms with Crippen LogP contribution in [0.25, 0.3) is 0 Å². The Balaban J connectivity index is 3.19. The third-order valence-corrected chi connectivity index (χ3v) is 2.97. The minimum absolute atomic E-state index is 0.432. The molecule has 0 aliphatic rings. The molecular weight excluding hydrogens is 216 g/mol. The number of ether oxygens (including phenoxy) is 1. The highest BCUT2D eigenvalue weighted by Gasteiger charge is 2.39. The summed E-state index contributed by atoms with van der Waals surface area (Å²) in [6.45, 7) is 5.47. The molecule has 0 amide bonds. The summed E-state index contributed by atoms with van der Waals surface area (Å²) in [4.78, 5) is 11.7. The van der Waals surface area contributed by atoms with Gasteiger partial charge in [-0.3, -0.25) is 4.79 Å². The van der Waals surface area contributed by atoms with Crippen molar-refractivity contribution in [3.05, 3.63) is 48.6 Å². The Morgan fingerprint density at radius 3 is 2.53 bits per heavy atom. The molecule has 0 bridgehead atoms. The molecule has 3 nitrogen and oxygen atoms in total. The lowest BCUT2D eigenvalue weighted by molar-refractivity contribution is -0.153. The zero-order chi connectivity index (χ0) is 12.9. The third kappa shape index (κ3) is 2.56. The first-order valence-electron chi connectivity index (χ1n) is 5.59. The molecule has 2 atom stereocenters. The van der Waals surface area contributed by atoms with Gasteiger partial charge >= 0.3 is 5.97 Å². The summed E-state index contributed by atoms with van der Waals surface area (Å²) >= 11 is 0. The van der Waals surface area contributed by atoms with Gasteiger partial charge in [0.05, 0.1) is 13.0 Å². The van der Waals surface area contributed by atoms with Crippen LogP contribution in [-0.2, 0) is 15.1 Å². The van der Waals surface area contributed by atoms with E-state index in [9.17, 15) is 9.90 Å². The Hall–Kier alpha value is -1.61. The zero-order valence-corrected chi connectivity index (χ0v) is 10.2. The smallest absolute Gasteiger partial charge is 0.312 e. The Labute approximate surface area is 102 Å². The molecule has 17 heavy (non-hydrogen) atoms. The second-order valence-corrected chi connectivity index (χ2v) is 3.88. The largest absolute Gasteiger partial charge is 0.469 e. The Morgan fingerprint density at radius 2 is 2.12 bits per heavy atom. The quantitative estimate of drug-likeness (QED) is 0.628. The van der Waals surface area contributed by atoms with Crippen LogP contribution in [0.4, 0.5) is 0 Å². The Kier molecular flexibility index (Phi) is 4.46. The zero-order valence-electron chi connectivity index (χ0n) is 10.2. The van der Waals surface area contributed by atoms with E-state index < -0.39 is 17.5 Å². The van der Waals surface area contributed by atoms with Gasteiger partial charge in [0, 0.05) is 0 Å². The molecule has 0 saturated carbocycles. The number of hydrogen-bond donors (Lipinski definition) is 1. The lowest BCUT2D eigenvalue weighted by atomic mass is 9.80. The number of esters is 1. The van der Waals surface area contributed by atoms with Crippen LogP contribution in [0.15, 0.2) is 43.0 Å². The van der Waals surface area contributed by atoms with Crippen molar-refractivity contribution in [3.63, 3.8) is 0 Å². The Bertz CT molecular complexity index is 386. The van der Waals surface area contributed by atoms with E-state index in [2.05, 4.69) is 6.58 Å². The topological polar surface area (TPSA) is 46.5 Å². The van der Waals surface area contributed by atoms with Gasteiger partial charge in [-0.1, -0.05) is 49.9 Å². The summed E-state index contributed by atoms with van der Waals surface area (Å²) in [5, 5.41) is 10.6. The van der Waals surface area contributed by atoms with Crippen molar-refractivity contribution in [1.82, 2.24) is 0 Å². The number of carbonyl (C=O) groups is 1. The molecule has 0 aliphatic carbocycles. The first-order chi connectivity index (χ1) is 8.10. The van der Waals surface area contributed by atoms with Crippen LogP contribution in [0.3, 0.4) is 0 Å². The van der Waals surface area contributed by atoms with Crippen molar-refractivity contribution in [3.8, 4) is 0 Å². The predicted octanol–water partition coefficient (Wildman–Crippen LogP) is 2.26. The van der Waals surface area contributed by atoms with Crippen LogP contribution in [0.5, 0.6) is 0 Å². The molecule has 0 saturated heterocycles. The van der Waals surface area contributed by atoms with Crippen molar-refractivity contribution in [2.24, 2.45) is 5.92 Å². The van der Waals surface area contributed by atoms with Gasteiger partial charge < -0.3 is 9.84 Å². The molecular formula is C14H18O3. The first kappa shape index (κ1) is 13.5. The van der Waals surface area contributed by atoms with Crippen molar-refractivity contribution >= 4 is 5.97 Å². The van der Waals surface area contributed by atoms with Gasteiger partial charge in [-0.05, 0) is 12.0 Å². The van der Waals surface area contributed by atoms with E-state index in [1.54, 1.807) is 12.1 Å². The second-order valence-electron chi connectivity index (χ2n) is 3.88. The number of hydrogen-bond acceptors (Lipinski definition) is 3. The van der Waals surface area contributed by atoms with E-state index in [-0.39, 0.29) is 0 Å². The van der Waals surface area contributed by atoms with Gasteiger partial charge in [0.2, 0.25) is 0 Å². The molecule has 1 aromatic carbocycles. The maximum absolute atomic E-state index is 11.7. The first-order valence-corrected chi connectivity index (χ1v) is 5.59.